The van der Waals surface area contributed by atoms with Crippen LogP contribution in [0.25, 0.3) is 6.08 Å². The molecule has 0 fully saturated rings. The van der Waals surface area contributed by atoms with Crippen molar-refractivity contribution in [3.8, 4) is 11.5 Å². The molecule has 144 valence electrons. The van der Waals surface area contributed by atoms with E-state index in [2.05, 4.69) is 0 Å². The molecule has 3 heteroatoms. The van der Waals surface area contributed by atoms with Crippen molar-refractivity contribution in [2.24, 2.45) is 0 Å². The molecule has 0 unspecified atom stereocenters. The number of methoxy groups -OCH3 is 1. The van der Waals surface area contributed by atoms with Crippen LogP contribution in [0.1, 0.15) is 68.6 Å². The van der Waals surface area contributed by atoms with Crippen LogP contribution in [-0.2, 0) is 10.8 Å². The van der Waals surface area contributed by atoms with E-state index >= 15 is 0 Å². The smallest absolute Gasteiger partial charge is 0.185 e. The summed E-state index contributed by atoms with van der Waals surface area (Å²) in [6.45, 7) is 12.2. The summed E-state index contributed by atoms with van der Waals surface area (Å²) in [6, 6.07) is 11.2. The number of hydrogen-bond acceptors (Lipinski definition) is 3. The number of carbonyl (C=O) groups is 1. The van der Waals surface area contributed by atoms with Gasteiger partial charge in [-0.15, -0.1) is 0 Å². The molecule has 2 aromatic carbocycles. The lowest BCUT2D eigenvalue weighted by Gasteiger charge is -2.27. The van der Waals surface area contributed by atoms with Gasteiger partial charge in [0.05, 0.1) is 7.11 Å². The molecule has 0 atom stereocenters. The van der Waals surface area contributed by atoms with Gasteiger partial charge in [-0.1, -0.05) is 59.8 Å². The number of phenols is 1. The fourth-order valence-corrected chi connectivity index (χ4v) is 2.90. The van der Waals surface area contributed by atoms with E-state index in [1.165, 1.54) is 0 Å². The zero-order chi connectivity index (χ0) is 20.4. The van der Waals surface area contributed by atoms with Crippen molar-refractivity contribution in [3.05, 3.63) is 64.7 Å². The first-order valence-corrected chi connectivity index (χ1v) is 9.18. The van der Waals surface area contributed by atoms with Crippen molar-refractivity contribution in [1.29, 1.82) is 0 Å². The maximum absolute atomic E-state index is 12.8. The number of aromatic hydroxyl groups is 1. The zero-order valence-electron chi connectivity index (χ0n) is 17.4. The van der Waals surface area contributed by atoms with Crippen molar-refractivity contribution < 1.29 is 14.6 Å². The van der Waals surface area contributed by atoms with Crippen molar-refractivity contribution in [3.63, 3.8) is 0 Å². The summed E-state index contributed by atoms with van der Waals surface area (Å²) in [6.07, 6.45) is 3.37. The highest BCUT2D eigenvalue weighted by atomic mass is 16.5. The van der Waals surface area contributed by atoms with E-state index in [1.807, 2.05) is 77.9 Å². The summed E-state index contributed by atoms with van der Waals surface area (Å²) in [4.78, 5) is 12.8. The molecule has 0 aliphatic carbocycles. The second-order valence-corrected chi connectivity index (χ2v) is 8.89. The molecule has 0 heterocycles. The van der Waals surface area contributed by atoms with Crippen LogP contribution < -0.4 is 4.74 Å². The minimum Gasteiger partial charge on any atom is -0.507 e. The third-order valence-electron chi connectivity index (χ3n) is 4.55. The van der Waals surface area contributed by atoms with Crippen LogP contribution >= 0.6 is 0 Å². The lowest BCUT2D eigenvalue weighted by Crippen LogP contribution is -2.18. The number of phenolic OH excluding ortho intramolecular Hbond substituents is 1. The lowest BCUT2D eigenvalue weighted by atomic mass is 9.78. The Balaban J connectivity index is 2.44. The van der Waals surface area contributed by atoms with Gasteiger partial charge in [-0.05, 0) is 46.7 Å². The van der Waals surface area contributed by atoms with Gasteiger partial charge in [-0.3, -0.25) is 4.79 Å². The number of hydrogen-bond donors (Lipinski definition) is 1. The molecule has 0 bridgehead atoms. The van der Waals surface area contributed by atoms with Gasteiger partial charge in [-0.2, -0.15) is 0 Å². The third kappa shape index (κ3) is 5.00. The van der Waals surface area contributed by atoms with Crippen LogP contribution in [0.3, 0.4) is 0 Å². The van der Waals surface area contributed by atoms with Gasteiger partial charge < -0.3 is 9.84 Å². The quantitative estimate of drug-likeness (QED) is 0.542. The highest BCUT2D eigenvalue weighted by Gasteiger charge is 2.27. The number of ketones is 1. The molecular formula is C24H30O3. The first-order chi connectivity index (χ1) is 12.4. The summed E-state index contributed by atoms with van der Waals surface area (Å²) in [5.74, 6) is 0.981. The predicted octanol–water partition coefficient (Wildman–Crippen LogP) is 5.89. The minimum atomic E-state index is -0.264. The average Bonchev–Trinajstić information content (AvgIpc) is 2.58. The lowest BCUT2D eigenvalue weighted by molar-refractivity contribution is 0.104. The van der Waals surface area contributed by atoms with Crippen LogP contribution in [0.4, 0.5) is 0 Å². The topological polar surface area (TPSA) is 46.5 Å². The SMILES string of the molecule is COc1ccc(/C=C/C(=O)c2cc(C(C)(C)C)c(O)c(C(C)(C)C)c2)cc1. The summed E-state index contributed by atoms with van der Waals surface area (Å²) in [7, 11) is 1.62. The molecule has 2 rings (SSSR count). The Kier molecular flexibility index (Phi) is 5.84. The molecule has 0 amide bonds. The number of carbonyl (C=O) groups excluding carboxylic acids is 1. The van der Waals surface area contributed by atoms with Gasteiger partial charge >= 0.3 is 0 Å². The highest BCUT2D eigenvalue weighted by molar-refractivity contribution is 6.07. The Bertz CT molecular complexity index is 810. The van der Waals surface area contributed by atoms with Crippen LogP contribution in [-0.4, -0.2) is 18.0 Å². The van der Waals surface area contributed by atoms with Crippen molar-refractivity contribution in [1.82, 2.24) is 0 Å². The van der Waals surface area contributed by atoms with Crippen molar-refractivity contribution >= 4 is 11.9 Å². The molecule has 1 N–H and O–H groups in total. The van der Waals surface area contributed by atoms with E-state index in [9.17, 15) is 9.90 Å². The number of benzene rings is 2. The maximum atomic E-state index is 12.8. The standard InChI is InChI=1S/C24H30O3/c1-23(2,3)19-14-17(15-20(22(19)26)24(4,5)6)21(25)13-10-16-8-11-18(27-7)12-9-16/h8-15,26H,1-7H3/b13-10+. The summed E-state index contributed by atoms with van der Waals surface area (Å²) in [5.41, 5.74) is 2.56. The molecule has 0 aromatic heterocycles. The van der Waals surface area contributed by atoms with Gasteiger partial charge in [0, 0.05) is 16.7 Å². The molecule has 0 aliphatic rings. The highest BCUT2D eigenvalue weighted by Crippen LogP contribution is 2.39. The molecule has 3 nitrogen and oxygen atoms in total. The number of allylic oxidation sites excluding steroid dienone is 1. The molecule has 0 saturated carbocycles. The van der Waals surface area contributed by atoms with E-state index in [0.717, 1.165) is 22.4 Å². The first-order valence-electron chi connectivity index (χ1n) is 9.18. The van der Waals surface area contributed by atoms with E-state index in [4.69, 9.17) is 4.74 Å². The van der Waals surface area contributed by atoms with E-state index < -0.39 is 0 Å². The van der Waals surface area contributed by atoms with Crippen LogP contribution in [0.5, 0.6) is 11.5 Å². The molecule has 0 spiro atoms. The second-order valence-electron chi connectivity index (χ2n) is 8.89. The molecule has 2 aromatic rings. The minimum absolute atomic E-state index is 0.0816. The van der Waals surface area contributed by atoms with Crippen LogP contribution in [0.15, 0.2) is 42.5 Å². The molecule has 0 saturated heterocycles. The van der Waals surface area contributed by atoms with Gasteiger partial charge in [0.25, 0.3) is 0 Å². The summed E-state index contributed by atoms with van der Waals surface area (Å²) >= 11 is 0. The second kappa shape index (κ2) is 7.59. The van der Waals surface area contributed by atoms with Gasteiger partial charge in [0.1, 0.15) is 11.5 Å². The van der Waals surface area contributed by atoms with E-state index in [0.29, 0.717) is 5.56 Å². The third-order valence-corrected chi connectivity index (χ3v) is 4.55. The fraction of sp³-hybridized carbons (Fsp3) is 0.375. The van der Waals surface area contributed by atoms with E-state index in [-0.39, 0.29) is 22.4 Å². The average molecular weight is 367 g/mol. The van der Waals surface area contributed by atoms with E-state index in [1.54, 1.807) is 19.3 Å². The monoisotopic (exact) mass is 366 g/mol. The Hall–Kier alpha value is -2.55. The van der Waals surface area contributed by atoms with Gasteiger partial charge in [0.2, 0.25) is 0 Å². The predicted molar refractivity (Wildman–Crippen MR) is 112 cm³/mol. The Morgan fingerprint density at radius 2 is 1.41 bits per heavy atom. The Labute approximate surface area is 162 Å². The van der Waals surface area contributed by atoms with Crippen molar-refractivity contribution in [2.75, 3.05) is 7.11 Å². The molecule has 27 heavy (non-hydrogen) atoms. The van der Waals surface area contributed by atoms with Crippen LogP contribution in [0.2, 0.25) is 0 Å². The van der Waals surface area contributed by atoms with Gasteiger partial charge in [-0.25, -0.2) is 0 Å². The molecular weight excluding hydrogens is 336 g/mol. The maximum Gasteiger partial charge on any atom is 0.185 e. The number of rotatable bonds is 4. The Morgan fingerprint density at radius 3 is 1.81 bits per heavy atom. The summed E-state index contributed by atoms with van der Waals surface area (Å²) < 4.78 is 5.15. The molecule has 0 aliphatic heterocycles. The van der Waals surface area contributed by atoms with Crippen molar-refractivity contribution in [2.45, 2.75) is 52.4 Å². The molecule has 0 radical (unpaired) electrons. The number of ether oxygens (including phenoxy) is 1. The summed E-state index contributed by atoms with van der Waals surface area (Å²) in [5, 5.41) is 10.8. The van der Waals surface area contributed by atoms with Crippen LogP contribution in [0, 0.1) is 0 Å². The fourth-order valence-electron chi connectivity index (χ4n) is 2.90. The van der Waals surface area contributed by atoms with Gasteiger partial charge in [0.15, 0.2) is 5.78 Å². The largest absolute Gasteiger partial charge is 0.507 e. The normalized spacial score (nSPS) is 12.4. The zero-order valence-corrected chi connectivity index (χ0v) is 17.4. The Morgan fingerprint density at radius 1 is 0.926 bits per heavy atom. The first kappa shape index (κ1) is 20.8.